The summed E-state index contributed by atoms with van der Waals surface area (Å²) < 4.78 is 17.5. The van der Waals surface area contributed by atoms with E-state index >= 15 is 0 Å². The van der Waals surface area contributed by atoms with Crippen molar-refractivity contribution in [2.45, 2.75) is 0 Å². The molecule has 0 atom stereocenters. The van der Waals surface area contributed by atoms with E-state index < -0.39 is 0 Å². The number of carbonyl (C=O) groups excluding carboxylic acids is 1. The molecule has 0 saturated carbocycles. The predicted octanol–water partition coefficient (Wildman–Crippen LogP) is 3.71. The van der Waals surface area contributed by atoms with Crippen LogP contribution >= 0.6 is 23.7 Å². The van der Waals surface area contributed by atoms with Crippen LogP contribution in [0.1, 0.15) is 10.4 Å². The van der Waals surface area contributed by atoms with Crippen LogP contribution in [0.25, 0.3) is 10.2 Å². The SMILES string of the molecule is COc1ccc2nc(N(CCN(C)C)C(=O)c3ccc4c(c3)OCCO4)sc2c1.Cl. The molecule has 0 spiro atoms. The highest BCUT2D eigenvalue weighted by Gasteiger charge is 2.23. The van der Waals surface area contributed by atoms with Crippen molar-refractivity contribution in [2.75, 3.05) is 52.4 Å². The molecule has 7 nitrogen and oxygen atoms in total. The van der Waals surface area contributed by atoms with Gasteiger partial charge in [0.2, 0.25) is 0 Å². The molecule has 1 aromatic heterocycles. The van der Waals surface area contributed by atoms with Crippen molar-refractivity contribution in [3.8, 4) is 17.2 Å². The van der Waals surface area contributed by atoms with Gasteiger partial charge in [-0.25, -0.2) is 4.98 Å². The van der Waals surface area contributed by atoms with Crippen molar-refractivity contribution in [2.24, 2.45) is 0 Å². The summed E-state index contributed by atoms with van der Waals surface area (Å²) in [6.45, 7) is 2.24. The maximum Gasteiger partial charge on any atom is 0.260 e. The van der Waals surface area contributed by atoms with Crippen LogP contribution in [0.15, 0.2) is 36.4 Å². The number of amides is 1. The van der Waals surface area contributed by atoms with Gasteiger partial charge in [0.25, 0.3) is 5.91 Å². The number of hydrogen-bond donors (Lipinski definition) is 0. The van der Waals surface area contributed by atoms with Gasteiger partial charge >= 0.3 is 0 Å². The van der Waals surface area contributed by atoms with Crippen LogP contribution in [0.3, 0.4) is 0 Å². The lowest BCUT2D eigenvalue weighted by Crippen LogP contribution is -2.36. The van der Waals surface area contributed by atoms with E-state index in [1.807, 2.05) is 37.2 Å². The van der Waals surface area contributed by atoms with E-state index in [4.69, 9.17) is 19.2 Å². The molecular formula is C21H24ClN3O4S. The third-order valence-electron chi connectivity index (χ3n) is 4.62. The third kappa shape index (κ3) is 4.61. The van der Waals surface area contributed by atoms with E-state index in [1.54, 1.807) is 30.2 Å². The maximum atomic E-state index is 13.4. The largest absolute Gasteiger partial charge is 0.497 e. The first-order valence-corrected chi connectivity index (χ1v) is 10.2. The number of ether oxygens (including phenoxy) is 3. The van der Waals surface area contributed by atoms with Crippen molar-refractivity contribution in [1.82, 2.24) is 9.88 Å². The van der Waals surface area contributed by atoms with Crippen LogP contribution < -0.4 is 19.1 Å². The second-order valence-electron chi connectivity index (χ2n) is 6.95. The molecule has 160 valence electrons. The second-order valence-corrected chi connectivity index (χ2v) is 7.96. The van der Waals surface area contributed by atoms with Gasteiger partial charge in [-0.2, -0.15) is 0 Å². The molecule has 0 bridgehead atoms. The highest BCUT2D eigenvalue weighted by Crippen LogP contribution is 2.34. The first-order valence-electron chi connectivity index (χ1n) is 9.36. The molecule has 2 aromatic carbocycles. The van der Waals surface area contributed by atoms with E-state index in [-0.39, 0.29) is 18.3 Å². The van der Waals surface area contributed by atoms with Gasteiger partial charge in [-0.1, -0.05) is 11.3 Å². The summed E-state index contributed by atoms with van der Waals surface area (Å²) in [4.78, 5) is 21.9. The topological polar surface area (TPSA) is 64.1 Å². The fourth-order valence-corrected chi connectivity index (χ4v) is 4.07. The minimum absolute atomic E-state index is 0. The maximum absolute atomic E-state index is 13.4. The molecule has 4 rings (SSSR count). The van der Waals surface area contributed by atoms with Crippen molar-refractivity contribution < 1.29 is 19.0 Å². The fourth-order valence-electron chi connectivity index (χ4n) is 3.05. The molecule has 30 heavy (non-hydrogen) atoms. The monoisotopic (exact) mass is 449 g/mol. The quantitative estimate of drug-likeness (QED) is 0.571. The Morgan fingerprint density at radius 3 is 2.60 bits per heavy atom. The lowest BCUT2D eigenvalue weighted by atomic mass is 10.1. The van der Waals surface area contributed by atoms with Gasteiger partial charge in [-0.3, -0.25) is 9.69 Å². The average Bonchev–Trinajstić information content (AvgIpc) is 3.15. The summed E-state index contributed by atoms with van der Waals surface area (Å²) in [7, 11) is 5.60. The Hall–Kier alpha value is -2.55. The van der Waals surface area contributed by atoms with Crippen molar-refractivity contribution in [3.63, 3.8) is 0 Å². The molecule has 1 aliphatic rings. The van der Waals surface area contributed by atoms with Crippen molar-refractivity contribution >= 4 is 45.0 Å². The number of benzene rings is 2. The summed E-state index contributed by atoms with van der Waals surface area (Å²) in [6.07, 6.45) is 0. The van der Waals surface area contributed by atoms with Crippen LogP contribution in [-0.2, 0) is 0 Å². The minimum Gasteiger partial charge on any atom is -0.497 e. The number of carbonyl (C=O) groups is 1. The zero-order valence-electron chi connectivity index (χ0n) is 17.1. The lowest BCUT2D eigenvalue weighted by molar-refractivity contribution is 0.0984. The molecule has 1 aliphatic heterocycles. The Morgan fingerprint density at radius 2 is 1.87 bits per heavy atom. The van der Waals surface area contributed by atoms with Crippen molar-refractivity contribution in [3.05, 3.63) is 42.0 Å². The molecule has 0 radical (unpaired) electrons. The summed E-state index contributed by atoms with van der Waals surface area (Å²) in [5, 5.41) is 0.662. The molecule has 9 heteroatoms. The van der Waals surface area contributed by atoms with Gasteiger partial charge in [0, 0.05) is 18.7 Å². The molecule has 0 N–H and O–H groups in total. The van der Waals surface area contributed by atoms with Gasteiger partial charge in [0.05, 0.1) is 17.3 Å². The van der Waals surface area contributed by atoms with Crippen LogP contribution in [-0.4, -0.2) is 63.3 Å². The zero-order chi connectivity index (χ0) is 20.4. The Bertz CT molecular complexity index is 1040. The standard InChI is InChI=1S/C21H23N3O4S.ClH/c1-23(2)8-9-24(21-22-16-6-5-15(26-3)13-19(16)29-21)20(25)14-4-7-17-18(12-14)28-11-10-27-17;/h4-7,12-13H,8-11H2,1-3H3;1H. The van der Waals surface area contributed by atoms with Crippen LogP contribution in [0, 0.1) is 0 Å². The van der Waals surface area contributed by atoms with Gasteiger partial charge in [-0.05, 0) is 50.5 Å². The number of halogens is 1. The minimum atomic E-state index is -0.116. The molecule has 1 amide bonds. The molecular weight excluding hydrogens is 426 g/mol. The molecule has 0 aliphatic carbocycles. The van der Waals surface area contributed by atoms with Crippen LogP contribution in [0.5, 0.6) is 17.2 Å². The number of fused-ring (bicyclic) bond motifs is 2. The van der Waals surface area contributed by atoms with E-state index in [0.717, 1.165) is 22.5 Å². The van der Waals surface area contributed by atoms with Gasteiger partial charge < -0.3 is 19.1 Å². The highest BCUT2D eigenvalue weighted by molar-refractivity contribution is 7.22. The molecule has 0 saturated heterocycles. The number of methoxy groups -OCH3 is 1. The summed E-state index contributed by atoms with van der Waals surface area (Å²) in [5.41, 5.74) is 1.39. The third-order valence-corrected chi connectivity index (χ3v) is 5.66. The molecule has 2 heterocycles. The number of likely N-dealkylation sites (N-methyl/N-ethyl adjacent to an activating group) is 1. The number of aromatic nitrogens is 1. The van der Waals surface area contributed by atoms with E-state index in [2.05, 4.69) is 0 Å². The first-order chi connectivity index (χ1) is 14.0. The Balaban J connectivity index is 0.00000256. The van der Waals surface area contributed by atoms with E-state index in [0.29, 0.717) is 42.0 Å². The van der Waals surface area contributed by atoms with Gasteiger partial charge in [0.1, 0.15) is 19.0 Å². The predicted molar refractivity (Wildman–Crippen MR) is 121 cm³/mol. The van der Waals surface area contributed by atoms with E-state index in [9.17, 15) is 4.79 Å². The molecule has 3 aromatic rings. The number of hydrogen-bond acceptors (Lipinski definition) is 7. The number of rotatable bonds is 6. The van der Waals surface area contributed by atoms with E-state index in [1.165, 1.54) is 11.3 Å². The molecule has 0 unspecified atom stereocenters. The Labute approximate surface area is 185 Å². The van der Waals surface area contributed by atoms with Gasteiger partial charge in [0.15, 0.2) is 16.6 Å². The number of nitrogens with zero attached hydrogens (tertiary/aromatic N) is 3. The summed E-state index contributed by atoms with van der Waals surface area (Å²) in [5.74, 6) is 1.92. The van der Waals surface area contributed by atoms with Crippen LogP contribution in [0.4, 0.5) is 5.13 Å². The number of anilines is 1. The average molecular weight is 450 g/mol. The zero-order valence-corrected chi connectivity index (χ0v) is 18.7. The summed E-state index contributed by atoms with van der Waals surface area (Å²) >= 11 is 1.48. The fraction of sp³-hybridized carbons (Fsp3) is 0.333. The second kappa shape index (κ2) is 9.51. The number of thiazole rings is 1. The normalized spacial score (nSPS) is 12.5. The van der Waals surface area contributed by atoms with Crippen molar-refractivity contribution in [1.29, 1.82) is 0 Å². The first kappa shape index (κ1) is 22.1. The van der Waals surface area contributed by atoms with Crippen LogP contribution in [0.2, 0.25) is 0 Å². The van der Waals surface area contributed by atoms with Gasteiger partial charge in [-0.15, -0.1) is 12.4 Å². The lowest BCUT2D eigenvalue weighted by Gasteiger charge is -2.23. The Kier molecular flexibility index (Phi) is 7.02. The Morgan fingerprint density at radius 1 is 1.10 bits per heavy atom. The highest BCUT2D eigenvalue weighted by atomic mass is 35.5. The smallest absolute Gasteiger partial charge is 0.260 e. The summed E-state index contributed by atoms with van der Waals surface area (Å²) in [6, 6.07) is 11.0. The molecule has 0 fully saturated rings.